The molecule has 1 aromatic carbocycles. The molecule has 3 aromatic rings. The van der Waals surface area contributed by atoms with Gasteiger partial charge in [0.1, 0.15) is 11.6 Å². The van der Waals surface area contributed by atoms with Gasteiger partial charge in [0.2, 0.25) is 0 Å². The van der Waals surface area contributed by atoms with E-state index >= 15 is 0 Å². The fourth-order valence-corrected chi connectivity index (χ4v) is 1.99. The van der Waals surface area contributed by atoms with E-state index in [1.54, 1.807) is 0 Å². The van der Waals surface area contributed by atoms with E-state index in [-0.39, 0.29) is 0 Å². The lowest BCUT2D eigenvalue weighted by Crippen LogP contribution is -1.91. The molecule has 4 N–H and O–H groups in total. The van der Waals surface area contributed by atoms with Crippen molar-refractivity contribution in [2.45, 2.75) is 6.92 Å². The Kier molecular flexibility index (Phi) is 2.59. The fraction of sp³-hybridized carbons (Fsp3) is 0.143. The molecule has 19 heavy (non-hydrogen) atoms. The Labute approximate surface area is 110 Å². The standard InChI is InChI=1S/C14H15N5/c1-8-7-9(3-4-10(8)15)13-17-11-5-6-12(16-2)18-14(11)19-13/h3-7H,15H2,1-2H3,(H2,16,17,18,19). The third-order valence-electron chi connectivity index (χ3n) is 3.15. The summed E-state index contributed by atoms with van der Waals surface area (Å²) < 4.78 is 0. The van der Waals surface area contributed by atoms with Crippen molar-refractivity contribution >= 4 is 22.7 Å². The number of nitrogens with zero attached hydrogens (tertiary/aromatic N) is 2. The van der Waals surface area contributed by atoms with Crippen LogP contribution >= 0.6 is 0 Å². The van der Waals surface area contributed by atoms with Gasteiger partial charge in [-0.3, -0.25) is 0 Å². The van der Waals surface area contributed by atoms with E-state index in [0.29, 0.717) is 5.65 Å². The van der Waals surface area contributed by atoms with E-state index in [9.17, 15) is 0 Å². The summed E-state index contributed by atoms with van der Waals surface area (Å²) >= 11 is 0. The first-order valence-electron chi connectivity index (χ1n) is 6.08. The molecule has 0 fully saturated rings. The highest BCUT2D eigenvalue weighted by Crippen LogP contribution is 2.23. The van der Waals surface area contributed by atoms with Crippen molar-refractivity contribution < 1.29 is 0 Å². The van der Waals surface area contributed by atoms with Crippen molar-refractivity contribution in [1.29, 1.82) is 0 Å². The van der Waals surface area contributed by atoms with Gasteiger partial charge < -0.3 is 16.0 Å². The number of aryl methyl sites for hydroxylation is 1. The number of fused-ring (bicyclic) bond motifs is 1. The molecule has 96 valence electrons. The van der Waals surface area contributed by atoms with Crippen LogP contribution in [0, 0.1) is 6.92 Å². The summed E-state index contributed by atoms with van der Waals surface area (Å²) in [6.45, 7) is 1.98. The molecule has 0 radical (unpaired) electrons. The van der Waals surface area contributed by atoms with Crippen molar-refractivity contribution in [2.24, 2.45) is 0 Å². The zero-order valence-electron chi connectivity index (χ0n) is 10.9. The number of anilines is 2. The molecule has 2 heterocycles. The van der Waals surface area contributed by atoms with E-state index in [4.69, 9.17) is 5.73 Å². The summed E-state index contributed by atoms with van der Waals surface area (Å²) in [6.07, 6.45) is 0. The number of aromatic nitrogens is 3. The number of nitrogens with one attached hydrogen (secondary N) is 2. The maximum absolute atomic E-state index is 5.83. The van der Waals surface area contributed by atoms with Gasteiger partial charge in [0.05, 0.1) is 5.52 Å². The van der Waals surface area contributed by atoms with Crippen LogP contribution in [-0.4, -0.2) is 22.0 Å². The van der Waals surface area contributed by atoms with Crippen LogP contribution in [0.1, 0.15) is 5.56 Å². The first-order chi connectivity index (χ1) is 9.17. The summed E-state index contributed by atoms with van der Waals surface area (Å²) in [7, 11) is 1.84. The lowest BCUT2D eigenvalue weighted by atomic mass is 10.1. The van der Waals surface area contributed by atoms with Crippen LogP contribution in [0.3, 0.4) is 0 Å². The van der Waals surface area contributed by atoms with E-state index < -0.39 is 0 Å². The Balaban J connectivity index is 2.11. The average Bonchev–Trinajstić information content (AvgIpc) is 2.84. The minimum Gasteiger partial charge on any atom is -0.399 e. The summed E-state index contributed by atoms with van der Waals surface area (Å²) in [5.41, 5.74) is 10.3. The highest BCUT2D eigenvalue weighted by atomic mass is 15.0. The molecule has 5 nitrogen and oxygen atoms in total. The summed E-state index contributed by atoms with van der Waals surface area (Å²) in [4.78, 5) is 12.2. The van der Waals surface area contributed by atoms with Crippen molar-refractivity contribution in [3.05, 3.63) is 35.9 Å². The third kappa shape index (κ3) is 1.99. The number of hydrogen-bond acceptors (Lipinski definition) is 4. The number of imidazole rings is 1. The third-order valence-corrected chi connectivity index (χ3v) is 3.15. The monoisotopic (exact) mass is 253 g/mol. The number of benzene rings is 1. The molecule has 0 amide bonds. The maximum Gasteiger partial charge on any atom is 0.180 e. The van der Waals surface area contributed by atoms with Gasteiger partial charge in [0.15, 0.2) is 5.65 Å². The molecular formula is C14H15N5. The number of rotatable bonds is 2. The lowest BCUT2D eigenvalue weighted by molar-refractivity contribution is 1.28. The molecule has 3 rings (SSSR count). The summed E-state index contributed by atoms with van der Waals surface area (Å²) in [5, 5.41) is 3.00. The number of nitrogen functional groups attached to an aromatic ring is 1. The summed E-state index contributed by atoms with van der Waals surface area (Å²) in [6, 6.07) is 9.75. The minimum absolute atomic E-state index is 0.705. The highest BCUT2D eigenvalue weighted by molar-refractivity contribution is 5.78. The Morgan fingerprint density at radius 1 is 1.16 bits per heavy atom. The number of nitrogens with two attached hydrogens (primary N) is 1. The molecular weight excluding hydrogens is 238 g/mol. The molecule has 0 bridgehead atoms. The van der Waals surface area contributed by atoms with Gasteiger partial charge >= 0.3 is 0 Å². The van der Waals surface area contributed by atoms with Gasteiger partial charge in [-0.25, -0.2) is 9.97 Å². The predicted octanol–water partition coefficient (Wildman–Crippen LogP) is 2.56. The molecule has 0 unspecified atom stereocenters. The predicted molar refractivity (Wildman–Crippen MR) is 78.0 cm³/mol. The van der Waals surface area contributed by atoms with Crippen LogP contribution in [0.25, 0.3) is 22.6 Å². The van der Waals surface area contributed by atoms with Gasteiger partial charge in [-0.05, 0) is 42.8 Å². The van der Waals surface area contributed by atoms with Crippen molar-refractivity contribution in [3.63, 3.8) is 0 Å². The molecule has 2 aromatic heterocycles. The van der Waals surface area contributed by atoms with E-state index in [2.05, 4.69) is 20.3 Å². The SMILES string of the molecule is CNc1ccc2[nH]c(-c3ccc(N)c(C)c3)nc2n1. The van der Waals surface area contributed by atoms with Crippen LogP contribution in [0.2, 0.25) is 0 Å². The van der Waals surface area contributed by atoms with Gasteiger partial charge in [0.25, 0.3) is 0 Å². The molecule has 5 heteroatoms. The van der Waals surface area contributed by atoms with E-state index in [1.165, 1.54) is 0 Å². The van der Waals surface area contributed by atoms with Crippen LogP contribution in [0.4, 0.5) is 11.5 Å². The van der Waals surface area contributed by atoms with Gasteiger partial charge in [0, 0.05) is 18.3 Å². The second-order valence-electron chi connectivity index (χ2n) is 4.47. The van der Waals surface area contributed by atoms with Crippen molar-refractivity contribution in [3.8, 4) is 11.4 Å². The Morgan fingerprint density at radius 3 is 2.74 bits per heavy atom. The van der Waals surface area contributed by atoms with Crippen molar-refractivity contribution in [1.82, 2.24) is 15.0 Å². The summed E-state index contributed by atoms with van der Waals surface area (Å²) in [5.74, 6) is 1.61. The number of aromatic amines is 1. The molecule has 0 atom stereocenters. The number of H-pyrrole nitrogens is 1. The molecule has 0 aliphatic heterocycles. The fourth-order valence-electron chi connectivity index (χ4n) is 1.99. The quantitative estimate of drug-likeness (QED) is 0.613. The average molecular weight is 253 g/mol. The minimum atomic E-state index is 0.705. The number of hydrogen-bond donors (Lipinski definition) is 3. The largest absolute Gasteiger partial charge is 0.399 e. The molecule has 0 spiro atoms. The normalized spacial score (nSPS) is 10.8. The number of pyridine rings is 1. The molecule has 0 aliphatic carbocycles. The van der Waals surface area contributed by atoms with Gasteiger partial charge in [-0.2, -0.15) is 0 Å². The Hall–Kier alpha value is -2.56. The maximum atomic E-state index is 5.83. The second-order valence-corrected chi connectivity index (χ2v) is 4.47. The zero-order chi connectivity index (χ0) is 13.4. The van der Waals surface area contributed by atoms with Crippen LogP contribution < -0.4 is 11.1 Å². The first-order valence-corrected chi connectivity index (χ1v) is 6.08. The van der Waals surface area contributed by atoms with Gasteiger partial charge in [-0.1, -0.05) is 0 Å². The Bertz CT molecular complexity index is 745. The van der Waals surface area contributed by atoms with E-state index in [0.717, 1.165) is 34.0 Å². The van der Waals surface area contributed by atoms with Gasteiger partial charge in [-0.15, -0.1) is 0 Å². The van der Waals surface area contributed by atoms with Crippen LogP contribution in [-0.2, 0) is 0 Å². The highest BCUT2D eigenvalue weighted by Gasteiger charge is 2.07. The van der Waals surface area contributed by atoms with Crippen LogP contribution in [0.15, 0.2) is 30.3 Å². The topological polar surface area (TPSA) is 79.6 Å². The first kappa shape index (κ1) is 11.5. The molecule has 0 saturated carbocycles. The van der Waals surface area contributed by atoms with Crippen LogP contribution in [0.5, 0.6) is 0 Å². The molecule has 0 aliphatic rings. The Morgan fingerprint density at radius 2 is 2.00 bits per heavy atom. The zero-order valence-corrected chi connectivity index (χ0v) is 10.9. The van der Waals surface area contributed by atoms with E-state index in [1.807, 2.05) is 44.3 Å². The molecule has 0 saturated heterocycles. The smallest absolute Gasteiger partial charge is 0.180 e. The van der Waals surface area contributed by atoms with Crippen molar-refractivity contribution in [2.75, 3.05) is 18.1 Å². The second kappa shape index (κ2) is 4.28. The lowest BCUT2D eigenvalue weighted by Gasteiger charge is -2.01.